The van der Waals surface area contributed by atoms with Gasteiger partial charge in [0.1, 0.15) is 6.10 Å². The van der Waals surface area contributed by atoms with Crippen molar-refractivity contribution in [1.29, 1.82) is 0 Å². The number of hydrogen-bond acceptors (Lipinski definition) is 5. The third kappa shape index (κ3) is 4.52. The number of piperidine rings is 1. The van der Waals surface area contributed by atoms with Crippen LogP contribution in [0.5, 0.6) is 17.2 Å². The molecule has 5 heteroatoms. The highest BCUT2D eigenvalue weighted by Gasteiger charge is 2.23. The third-order valence-electron chi connectivity index (χ3n) is 4.02. The summed E-state index contributed by atoms with van der Waals surface area (Å²) in [5, 5.41) is 0. The predicted molar refractivity (Wildman–Crippen MR) is 86.1 cm³/mol. The number of benzene rings is 1. The summed E-state index contributed by atoms with van der Waals surface area (Å²) in [6.45, 7) is 4.05. The van der Waals surface area contributed by atoms with Crippen molar-refractivity contribution in [3.8, 4) is 17.2 Å². The van der Waals surface area contributed by atoms with Crippen LogP contribution in [0.2, 0.25) is 0 Å². The first kappa shape index (κ1) is 16.9. The Hall–Kier alpha value is -1.46. The Morgan fingerprint density at radius 2 is 1.68 bits per heavy atom. The second-order valence-electron chi connectivity index (χ2n) is 5.50. The molecular formula is C17H27NO4. The third-order valence-corrected chi connectivity index (χ3v) is 4.02. The van der Waals surface area contributed by atoms with Crippen LogP contribution in [0, 0.1) is 0 Å². The Bertz CT molecular complexity index is 422. The molecule has 0 spiro atoms. The fourth-order valence-corrected chi connectivity index (χ4v) is 2.78. The van der Waals surface area contributed by atoms with Gasteiger partial charge >= 0.3 is 0 Å². The molecule has 1 aromatic rings. The molecule has 0 aliphatic carbocycles. The first-order valence-corrected chi connectivity index (χ1v) is 7.87. The van der Waals surface area contributed by atoms with Crippen LogP contribution in [0.25, 0.3) is 0 Å². The fraction of sp³-hybridized carbons (Fsp3) is 0.647. The van der Waals surface area contributed by atoms with Crippen molar-refractivity contribution in [3.05, 3.63) is 18.2 Å². The highest BCUT2D eigenvalue weighted by molar-refractivity contribution is 5.51. The van der Waals surface area contributed by atoms with Crippen molar-refractivity contribution in [1.82, 2.24) is 4.90 Å². The lowest BCUT2D eigenvalue weighted by Gasteiger charge is -2.32. The Morgan fingerprint density at radius 3 is 2.23 bits per heavy atom. The smallest absolute Gasteiger partial charge is 0.203 e. The molecule has 0 radical (unpaired) electrons. The second-order valence-corrected chi connectivity index (χ2v) is 5.50. The van der Waals surface area contributed by atoms with E-state index in [-0.39, 0.29) is 6.10 Å². The zero-order valence-electron chi connectivity index (χ0n) is 13.8. The van der Waals surface area contributed by atoms with Gasteiger partial charge in [0.2, 0.25) is 5.75 Å². The van der Waals surface area contributed by atoms with Gasteiger partial charge in [-0.05, 0) is 31.4 Å². The van der Waals surface area contributed by atoms with E-state index >= 15 is 0 Å². The van der Waals surface area contributed by atoms with Crippen LogP contribution in [0.3, 0.4) is 0 Å². The van der Waals surface area contributed by atoms with Crippen LogP contribution < -0.4 is 14.2 Å². The number of nitrogens with zero attached hydrogens (tertiary/aromatic N) is 1. The van der Waals surface area contributed by atoms with Crippen molar-refractivity contribution in [3.63, 3.8) is 0 Å². The van der Waals surface area contributed by atoms with E-state index in [1.54, 1.807) is 21.3 Å². The minimum absolute atomic E-state index is 0.212. The molecule has 0 N–H and O–H groups in total. The predicted octanol–water partition coefficient (Wildman–Crippen LogP) is 2.58. The molecule has 22 heavy (non-hydrogen) atoms. The zero-order chi connectivity index (χ0) is 15.8. The number of methoxy groups -OCH3 is 3. The van der Waals surface area contributed by atoms with E-state index in [9.17, 15) is 0 Å². The minimum atomic E-state index is 0.212. The minimum Gasteiger partial charge on any atom is -0.493 e. The first-order chi connectivity index (χ1) is 10.8. The Balaban J connectivity index is 1.88. The molecule has 1 fully saturated rings. The largest absolute Gasteiger partial charge is 0.493 e. The molecule has 1 aliphatic rings. The molecule has 0 saturated carbocycles. The lowest BCUT2D eigenvalue weighted by Crippen LogP contribution is -2.39. The molecule has 0 amide bonds. The number of ether oxygens (including phenoxy) is 4. The number of hydrogen-bond donors (Lipinski definition) is 0. The monoisotopic (exact) mass is 309 g/mol. The van der Waals surface area contributed by atoms with Crippen molar-refractivity contribution < 1.29 is 18.9 Å². The quantitative estimate of drug-likeness (QED) is 0.690. The molecule has 1 saturated heterocycles. The van der Waals surface area contributed by atoms with Crippen LogP contribution in [-0.2, 0) is 4.74 Å². The summed E-state index contributed by atoms with van der Waals surface area (Å²) in [5.74, 6) is 2.16. The topological polar surface area (TPSA) is 40.2 Å². The van der Waals surface area contributed by atoms with Gasteiger partial charge in [-0.3, -0.25) is 0 Å². The summed E-state index contributed by atoms with van der Waals surface area (Å²) in [7, 11) is 5.06. The first-order valence-electron chi connectivity index (χ1n) is 7.87. The number of likely N-dealkylation sites (tertiary alicyclic amines) is 1. The molecule has 1 heterocycles. The van der Waals surface area contributed by atoms with Gasteiger partial charge in [0, 0.05) is 33.4 Å². The maximum absolute atomic E-state index is 6.17. The number of para-hydroxylation sites is 1. The van der Waals surface area contributed by atoms with Gasteiger partial charge in [-0.15, -0.1) is 0 Å². The average Bonchev–Trinajstić information content (AvgIpc) is 2.57. The van der Waals surface area contributed by atoms with Gasteiger partial charge in [-0.1, -0.05) is 6.07 Å². The van der Waals surface area contributed by atoms with Crippen molar-refractivity contribution >= 4 is 0 Å². The van der Waals surface area contributed by atoms with E-state index in [1.165, 1.54) is 0 Å². The van der Waals surface area contributed by atoms with E-state index < -0.39 is 0 Å². The lowest BCUT2D eigenvalue weighted by molar-refractivity contribution is 0.0885. The molecule has 1 aliphatic heterocycles. The van der Waals surface area contributed by atoms with Crippen LogP contribution in [0.1, 0.15) is 19.3 Å². The summed E-state index contributed by atoms with van der Waals surface area (Å²) in [6, 6.07) is 5.71. The average molecular weight is 309 g/mol. The van der Waals surface area contributed by atoms with Gasteiger partial charge in [-0.25, -0.2) is 0 Å². The second kappa shape index (κ2) is 8.86. The maximum Gasteiger partial charge on any atom is 0.203 e. The zero-order valence-corrected chi connectivity index (χ0v) is 13.8. The van der Waals surface area contributed by atoms with E-state index in [1.807, 2.05) is 18.2 Å². The van der Waals surface area contributed by atoms with Crippen LogP contribution >= 0.6 is 0 Å². The number of rotatable bonds is 8. The maximum atomic E-state index is 6.17. The molecule has 2 rings (SSSR count). The molecule has 0 unspecified atom stereocenters. The van der Waals surface area contributed by atoms with Crippen LogP contribution in [-0.4, -0.2) is 58.6 Å². The highest BCUT2D eigenvalue weighted by atomic mass is 16.5. The van der Waals surface area contributed by atoms with Crippen molar-refractivity contribution in [2.45, 2.75) is 25.4 Å². The molecule has 0 aromatic heterocycles. The van der Waals surface area contributed by atoms with Gasteiger partial charge in [0.15, 0.2) is 11.5 Å². The molecule has 124 valence electrons. The van der Waals surface area contributed by atoms with Crippen LogP contribution in [0.15, 0.2) is 18.2 Å². The van der Waals surface area contributed by atoms with Gasteiger partial charge in [-0.2, -0.15) is 0 Å². The van der Waals surface area contributed by atoms with E-state index in [0.29, 0.717) is 5.75 Å². The summed E-state index contributed by atoms with van der Waals surface area (Å²) in [4.78, 5) is 2.47. The SMILES string of the molecule is COCCCN1CCC(Oc2c(OC)cccc2OC)CC1. The Kier molecular flexibility index (Phi) is 6.80. The normalized spacial score (nSPS) is 16.5. The van der Waals surface area contributed by atoms with E-state index in [4.69, 9.17) is 18.9 Å². The van der Waals surface area contributed by atoms with Crippen molar-refractivity contribution in [2.75, 3.05) is 47.6 Å². The van der Waals surface area contributed by atoms with Crippen LogP contribution in [0.4, 0.5) is 0 Å². The Morgan fingerprint density at radius 1 is 1.05 bits per heavy atom. The summed E-state index contributed by atoms with van der Waals surface area (Å²) in [5.41, 5.74) is 0. The molecule has 0 atom stereocenters. The van der Waals surface area contributed by atoms with E-state index in [2.05, 4.69) is 4.90 Å². The van der Waals surface area contributed by atoms with Crippen molar-refractivity contribution in [2.24, 2.45) is 0 Å². The summed E-state index contributed by atoms with van der Waals surface area (Å²) in [6.07, 6.45) is 3.34. The van der Waals surface area contributed by atoms with Gasteiger partial charge in [0.05, 0.1) is 14.2 Å². The van der Waals surface area contributed by atoms with Gasteiger partial charge < -0.3 is 23.8 Å². The van der Waals surface area contributed by atoms with Gasteiger partial charge in [0.25, 0.3) is 0 Å². The Labute approximate surface area is 133 Å². The fourth-order valence-electron chi connectivity index (χ4n) is 2.78. The highest BCUT2D eigenvalue weighted by Crippen LogP contribution is 2.38. The molecule has 0 bridgehead atoms. The molecular weight excluding hydrogens is 282 g/mol. The standard InChI is InChI=1S/C17H27NO4/c1-19-13-5-10-18-11-8-14(9-12-18)22-17-15(20-2)6-4-7-16(17)21-3/h4,6-7,14H,5,8-13H2,1-3H3. The lowest BCUT2D eigenvalue weighted by atomic mass is 10.1. The molecule has 5 nitrogen and oxygen atoms in total. The molecule has 1 aromatic carbocycles. The summed E-state index contributed by atoms with van der Waals surface area (Å²) >= 11 is 0. The summed E-state index contributed by atoms with van der Waals surface area (Å²) < 4.78 is 22.1. The van der Waals surface area contributed by atoms with E-state index in [0.717, 1.165) is 57.0 Å².